The van der Waals surface area contributed by atoms with Crippen LogP contribution in [0.2, 0.25) is 0 Å². The predicted molar refractivity (Wildman–Crippen MR) is 68.7 cm³/mol. The summed E-state index contributed by atoms with van der Waals surface area (Å²) in [4.78, 5) is 11.1. The number of carbonyl (C=O) groups excluding carboxylic acids is 1. The molecule has 0 aromatic carbocycles. The van der Waals surface area contributed by atoms with E-state index in [1.807, 2.05) is 13.8 Å². The SMILES string of the molecule is [CH2]C1(CC)COC(C(C)(C)COC(=O)C=C)OC1. The topological polar surface area (TPSA) is 44.8 Å². The minimum Gasteiger partial charge on any atom is -0.462 e. The largest absolute Gasteiger partial charge is 0.462 e. The van der Waals surface area contributed by atoms with Crippen molar-refractivity contribution in [1.82, 2.24) is 0 Å². The maximum atomic E-state index is 11.1. The zero-order valence-corrected chi connectivity index (χ0v) is 11.5. The molecule has 1 heterocycles. The number of ether oxygens (including phenoxy) is 3. The van der Waals surface area contributed by atoms with Gasteiger partial charge in [-0.1, -0.05) is 27.4 Å². The van der Waals surface area contributed by atoms with Gasteiger partial charge in [0.25, 0.3) is 0 Å². The van der Waals surface area contributed by atoms with Crippen molar-refractivity contribution in [2.24, 2.45) is 10.8 Å². The van der Waals surface area contributed by atoms with E-state index in [1.54, 1.807) is 0 Å². The van der Waals surface area contributed by atoms with Gasteiger partial charge in [-0.3, -0.25) is 0 Å². The minimum atomic E-state index is -0.432. The molecule has 4 nitrogen and oxygen atoms in total. The average molecular weight is 255 g/mol. The fourth-order valence-corrected chi connectivity index (χ4v) is 1.63. The molecule has 0 aromatic rings. The summed E-state index contributed by atoms with van der Waals surface area (Å²) in [5, 5.41) is 0. The lowest BCUT2D eigenvalue weighted by Crippen LogP contribution is -2.47. The van der Waals surface area contributed by atoms with Crippen LogP contribution < -0.4 is 0 Å². The molecule has 0 saturated carbocycles. The molecule has 1 saturated heterocycles. The molecule has 4 heteroatoms. The molecule has 0 spiro atoms. The molecule has 1 radical (unpaired) electrons. The van der Waals surface area contributed by atoms with Crippen molar-refractivity contribution in [1.29, 1.82) is 0 Å². The van der Waals surface area contributed by atoms with Crippen LogP contribution >= 0.6 is 0 Å². The maximum Gasteiger partial charge on any atom is 0.330 e. The van der Waals surface area contributed by atoms with Gasteiger partial charge >= 0.3 is 5.97 Å². The van der Waals surface area contributed by atoms with Crippen molar-refractivity contribution in [3.05, 3.63) is 19.6 Å². The second-order valence-electron chi connectivity index (χ2n) is 5.61. The average Bonchev–Trinajstić information content (AvgIpc) is 2.36. The third-order valence-electron chi connectivity index (χ3n) is 3.22. The lowest BCUT2D eigenvalue weighted by atomic mass is 9.87. The molecular formula is C14H23O4. The van der Waals surface area contributed by atoms with E-state index in [2.05, 4.69) is 20.4 Å². The Labute approximate surface area is 109 Å². The van der Waals surface area contributed by atoms with Gasteiger partial charge in [-0.05, 0) is 13.3 Å². The molecule has 18 heavy (non-hydrogen) atoms. The van der Waals surface area contributed by atoms with Crippen LogP contribution in [0, 0.1) is 17.8 Å². The fraction of sp³-hybridized carbons (Fsp3) is 0.714. The smallest absolute Gasteiger partial charge is 0.330 e. The Morgan fingerprint density at radius 1 is 1.50 bits per heavy atom. The minimum absolute atomic E-state index is 0.162. The van der Waals surface area contributed by atoms with E-state index in [0.717, 1.165) is 12.5 Å². The van der Waals surface area contributed by atoms with E-state index in [9.17, 15) is 4.79 Å². The predicted octanol–water partition coefficient (Wildman–Crippen LogP) is 2.35. The number of esters is 1. The fourth-order valence-electron chi connectivity index (χ4n) is 1.63. The summed E-state index contributed by atoms with van der Waals surface area (Å²) < 4.78 is 16.5. The summed E-state index contributed by atoms with van der Waals surface area (Å²) in [6.45, 7) is 14.8. The molecule has 1 aliphatic rings. The third-order valence-corrected chi connectivity index (χ3v) is 3.22. The molecule has 0 bridgehead atoms. The van der Waals surface area contributed by atoms with Gasteiger partial charge in [-0.2, -0.15) is 0 Å². The first-order chi connectivity index (χ1) is 8.33. The highest BCUT2D eigenvalue weighted by atomic mass is 16.7. The van der Waals surface area contributed by atoms with Gasteiger partial charge in [-0.15, -0.1) is 0 Å². The zero-order chi connectivity index (χ0) is 13.8. The summed E-state index contributed by atoms with van der Waals surface area (Å²) in [7, 11) is 0. The van der Waals surface area contributed by atoms with Crippen LogP contribution in [0.4, 0.5) is 0 Å². The maximum absolute atomic E-state index is 11.1. The molecule has 0 atom stereocenters. The van der Waals surface area contributed by atoms with Gasteiger partial charge in [0.1, 0.15) is 6.61 Å². The molecule has 1 aliphatic heterocycles. The van der Waals surface area contributed by atoms with E-state index in [0.29, 0.717) is 13.2 Å². The van der Waals surface area contributed by atoms with E-state index in [1.165, 1.54) is 0 Å². The molecule has 0 aromatic heterocycles. The number of hydrogen-bond acceptors (Lipinski definition) is 4. The second-order valence-corrected chi connectivity index (χ2v) is 5.61. The van der Waals surface area contributed by atoms with E-state index >= 15 is 0 Å². The monoisotopic (exact) mass is 255 g/mol. The summed E-state index contributed by atoms with van der Waals surface area (Å²) in [6, 6.07) is 0. The number of hydrogen-bond donors (Lipinski definition) is 0. The molecule has 0 unspecified atom stereocenters. The van der Waals surface area contributed by atoms with Crippen LogP contribution in [-0.2, 0) is 19.0 Å². The molecular weight excluding hydrogens is 232 g/mol. The standard InChI is InChI=1S/C14H23O4/c1-6-11(15)16-8-13(3,4)12-17-9-14(5,7-2)10-18-12/h6,12H,1,5,7-10H2,2-4H3. The Hall–Kier alpha value is -0.870. The van der Waals surface area contributed by atoms with Gasteiger partial charge < -0.3 is 14.2 Å². The molecule has 1 rings (SSSR count). The van der Waals surface area contributed by atoms with Crippen molar-refractivity contribution >= 4 is 5.97 Å². The number of carbonyl (C=O) groups is 1. The first kappa shape index (κ1) is 15.2. The Morgan fingerprint density at radius 2 is 2.06 bits per heavy atom. The highest BCUT2D eigenvalue weighted by Gasteiger charge is 2.39. The lowest BCUT2D eigenvalue weighted by Gasteiger charge is -2.42. The Balaban J connectivity index is 2.49. The zero-order valence-electron chi connectivity index (χ0n) is 11.5. The second kappa shape index (κ2) is 5.85. The quantitative estimate of drug-likeness (QED) is 0.559. The Morgan fingerprint density at radius 3 is 2.50 bits per heavy atom. The molecule has 0 amide bonds. The molecule has 0 aliphatic carbocycles. The van der Waals surface area contributed by atoms with Gasteiger partial charge in [0.2, 0.25) is 0 Å². The highest BCUT2D eigenvalue weighted by Crippen LogP contribution is 2.34. The summed E-state index contributed by atoms with van der Waals surface area (Å²) in [6.07, 6.45) is 1.68. The van der Waals surface area contributed by atoms with Crippen LogP contribution in [0.1, 0.15) is 27.2 Å². The van der Waals surface area contributed by atoms with Gasteiger partial charge in [-0.25, -0.2) is 4.79 Å². The van der Waals surface area contributed by atoms with Gasteiger partial charge in [0, 0.05) is 16.9 Å². The Kier molecular flexibility index (Phi) is 4.93. The normalized spacial score (nSPS) is 28.8. The molecule has 103 valence electrons. The third kappa shape index (κ3) is 3.82. The van der Waals surface area contributed by atoms with Crippen LogP contribution in [0.5, 0.6) is 0 Å². The first-order valence-corrected chi connectivity index (χ1v) is 6.21. The van der Waals surface area contributed by atoms with Crippen molar-refractivity contribution < 1.29 is 19.0 Å². The summed E-state index contributed by atoms with van der Waals surface area (Å²) >= 11 is 0. The van der Waals surface area contributed by atoms with Crippen molar-refractivity contribution in [2.45, 2.75) is 33.5 Å². The highest BCUT2D eigenvalue weighted by molar-refractivity contribution is 5.81. The number of rotatable bonds is 5. The first-order valence-electron chi connectivity index (χ1n) is 6.21. The van der Waals surface area contributed by atoms with Crippen LogP contribution in [0.15, 0.2) is 12.7 Å². The molecule has 0 N–H and O–H groups in total. The van der Waals surface area contributed by atoms with Crippen LogP contribution in [0.25, 0.3) is 0 Å². The van der Waals surface area contributed by atoms with Crippen molar-refractivity contribution in [3.63, 3.8) is 0 Å². The van der Waals surface area contributed by atoms with Crippen LogP contribution in [-0.4, -0.2) is 32.1 Å². The van der Waals surface area contributed by atoms with Crippen LogP contribution in [0.3, 0.4) is 0 Å². The van der Waals surface area contributed by atoms with Gasteiger partial charge in [0.15, 0.2) is 6.29 Å². The van der Waals surface area contributed by atoms with E-state index < -0.39 is 11.4 Å². The van der Waals surface area contributed by atoms with E-state index in [4.69, 9.17) is 14.2 Å². The summed E-state index contributed by atoms with van der Waals surface area (Å²) in [5.74, 6) is -0.432. The Bertz CT molecular complexity index is 301. The summed E-state index contributed by atoms with van der Waals surface area (Å²) in [5.41, 5.74) is -0.557. The van der Waals surface area contributed by atoms with Crippen molar-refractivity contribution in [2.75, 3.05) is 19.8 Å². The lowest BCUT2D eigenvalue weighted by molar-refractivity contribution is -0.267. The van der Waals surface area contributed by atoms with Crippen molar-refractivity contribution in [3.8, 4) is 0 Å². The molecule has 1 fully saturated rings. The van der Waals surface area contributed by atoms with E-state index in [-0.39, 0.29) is 18.3 Å². The van der Waals surface area contributed by atoms with Gasteiger partial charge in [0.05, 0.1) is 13.2 Å².